The molecule has 0 saturated heterocycles. The van der Waals surface area contributed by atoms with Crippen LogP contribution < -0.4 is 5.73 Å². The number of benzene rings is 1. The van der Waals surface area contributed by atoms with Crippen molar-refractivity contribution < 1.29 is 4.52 Å². The highest BCUT2D eigenvalue weighted by atomic mass is 16.5. The first kappa shape index (κ1) is 7.16. The summed E-state index contributed by atoms with van der Waals surface area (Å²) in [7, 11) is 0. The molecule has 0 aliphatic rings. The van der Waals surface area contributed by atoms with Crippen LogP contribution in [0.4, 0.5) is 5.82 Å². The number of anilines is 1. The zero-order chi connectivity index (χ0) is 8.55. The molecule has 3 nitrogen and oxygen atoms in total. The van der Waals surface area contributed by atoms with Gasteiger partial charge in [0.2, 0.25) is 0 Å². The van der Waals surface area contributed by atoms with E-state index in [0.717, 1.165) is 17.4 Å². The minimum atomic E-state index is 0.473. The number of fused-ring (bicyclic) bond motifs is 1. The highest BCUT2D eigenvalue weighted by Gasteiger charge is 2.03. The van der Waals surface area contributed by atoms with Gasteiger partial charge in [0.1, 0.15) is 0 Å². The lowest BCUT2D eigenvalue weighted by Crippen LogP contribution is -1.84. The lowest BCUT2D eigenvalue weighted by atomic mass is 10.1. The molecule has 0 unspecified atom stereocenters. The Morgan fingerprint density at radius 3 is 3.08 bits per heavy atom. The summed E-state index contributed by atoms with van der Waals surface area (Å²) in [6.45, 7) is 2.10. The largest absolute Gasteiger partial charge is 0.380 e. The van der Waals surface area contributed by atoms with Crippen LogP contribution in [-0.4, -0.2) is 5.16 Å². The molecule has 1 heterocycles. The van der Waals surface area contributed by atoms with E-state index in [1.54, 1.807) is 0 Å². The molecule has 2 aromatic rings. The summed E-state index contributed by atoms with van der Waals surface area (Å²) in [4.78, 5) is 0. The SMILES string of the molecule is CCc1ccc2onc(N)c2c1. The van der Waals surface area contributed by atoms with Crippen LogP contribution in [-0.2, 0) is 6.42 Å². The van der Waals surface area contributed by atoms with E-state index in [4.69, 9.17) is 10.3 Å². The Hall–Kier alpha value is -1.51. The predicted octanol–water partition coefficient (Wildman–Crippen LogP) is 1.97. The van der Waals surface area contributed by atoms with Gasteiger partial charge in [-0.05, 0) is 24.1 Å². The summed E-state index contributed by atoms with van der Waals surface area (Å²) >= 11 is 0. The molecule has 62 valence electrons. The molecule has 0 spiro atoms. The number of hydrogen-bond acceptors (Lipinski definition) is 3. The van der Waals surface area contributed by atoms with Gasteiger partial charge in [0.05, 0.1) is 5.39 Å². The number of aromatic nitrogens is 1. The monoisotopic (exact) mass is 162 g/mol. The van der Waals surface area contributed by atoms with Crippen LogP contribution in [0.25, 0.3) is 11.0 Å². The second kappa shape index (κ2) is 2.52. The average molecular weight is 162 g/mol. The van der Waals surface area contributed by atoms with Gasteiger partial charge in [0, 0.05) is 0 Å². The zero-order valence-electron chi connectivity index (χ0n) is 6.87. The van der Waals surface area contributed by atoms with Crippen LogP contribution in [0.1, 0.15) is 12.5 Å². The predicted molar refractivity (Wildman–Crippen MR) is 47.8 cm³/mol. The molecule has 0 saturated carbocycles. The van der Waals surface area contributed by atoms with Gasteiger partial charge in [-0.25, -0.2) is 0 Å². The molecular weight excluding hydrogens is 152 g/mol. The second-order valence-corrected chi connectivity index (χ2v) is 2.75. The van der Waals surface area contributed by atoms with Crippen LogP contribution in [0.5, 0.6) is 0 Å². The minimum Gasteiger partial charge on any atom is -0.380 e. The molecule has 2 rings (SSSR count). The Balaban J connectivity index is 2.71. The first-order valence-corrected chi connectivity index (χ1v) is 3.95. The molecule has 1 aromatic carbocycles. The van der Waals surface area contributed by atoms with Gasteiger partial charge in [-0.2, -0.15) is 0 Å². The van der Waals surface area contributed by atoms with Gasteiger partial charge in [-0.15, -0.1) is 0 Å². The van der Waals surface area contributed by atoms with E-state index in [9.17, 15) is 0 Å². The molecule has 12 heavy (non-hydrogen) atoms. The van der Waals surface area contributed by atoms with E-state index < -0.39 is 0 Å². The summed E-state index contributed by atoms with van der Waals surface area (Å²) in [5.74, 6) is 0.473. The molecule has 0 fully saturated rings. The second-order valence-electron chi connectivity index (χ2n) is 2.75. The Morgan fingerprint density at radius 2 is 2.33 bits per heavy atom. The topological polar surface area (TPSA) is 52.0 Å². The minimum absolute atomic E-state index is 0.473. The number of rotatable bonds is 1. The van der Waals surface area contributed by atoms with Gasteiger partial charge >= 0.3 is 0 Å². The smallest absolute Gasteiger partial charge is 0.174 e. The van der Waals surface area contributed by atoms with Crippen molar-refractivity contribution in [3.8, 4) is 0 Å². The highest BCUT2D eigenvalue weighted by molar-refractivity contribution is 5.87. The van der Waals surface area contributed by atoms with Crippen molar-refractivity contribution in [2.45, 2.75) is 13.3 Å². The highest BCUT2D eigenvalue weighted by Crippen LogP contribution is 2.21. The van der Waals surface area contributed by atoms with Gasteiger partial charge in [-0.3, -0.25) is 0 Å². The van der Waals surface area contributed by atoms with Gasteiger partial charge in [-0.1, -0.05) is 18.1 Å². The molecule has 2 N–H and O–H groups in total. The molecular formula is C9H10N2O. The third-order valence-corrected chi connectivity index (χ3v) is 1.97. The van der Waals surface area contributed by atoms with E-state index >= 15 is 0 Å². The Morgan fingerprint density at radius 1 is 1.50 bits per heavy atom. The van der Waals surface area contributed by atoms with E-state index in [2.05, 4.69) is 12.1 Å². The van der Waals surface area contributed by atoms with E-state index in [1.807, 2.05) is 18.2 Å². The summed E-state index contributed by atoms with van der Waals surface area (Å²) in [5.41, 5.74) is 7.60. The number of nitrogens with zero attached hydrogens (tertiary/aromatic N) is 1. The fourth-order valence-corrected chi connectivity index (χ4v) is 1.22. The van der Waals surface area contributed by atoms with Gasteiger partial charge in [0.25, 0.3) is 0 Å². The van der Waals surface area contributed by atoms with Crippen LogP contribution >= 0.6 is 0 Å². The van der Waals surface area contributed by atoms with Crippen molar-refractivity contribution in [1.29, 1.82) is 0 Å². The number of hydrogen-bond donors (Lipinski definition) is 1. The maximum atomic E-state index is 5.59. The molecule has 0 atom stereocenters. The zero-order valence-corrected chi connectivity index (χ0v) is 6.87. The Kier molecular flexibility index (Phi) is 1.50. The number of aryl methyl sites for hydroxylation is 1. The third-order valence-electron chi connectivity index (χ3n) is 1.97. The van der Waals surface area contributed by atoms with Crippen molar-refractivity contribution in [3.63, 3.8) is 0 Å². The fraction of sp³-hybridized carbons (Fsp3) is 0.222. The Labute approximate surface area is 70.1 Å². The van der Waals surface area contributed by atoms with E-state index in [0.29, 0.717) is 5.82 Å². The van der Waals surface area contributed by atoms with Crippen LogP contribution in [0, 0.1) is 0 Å². The Bertz CT molecular complexity index is 406. The average Bonchev–Trinajstić information content (AvgIpc) is 2.47. The molecule has 0 aliphatic heterocycles. The van der Waals surface area contributed by atoms with Crippen LogP contribution in [0.15, 0.2) is 22.7 Å². The summed E-state index contributed by atoms with van der Waals surface area (Å²) in [5, 5.41) is 4.59. The lowest BCUT2D eigenvalue weighted by molar-refractivity contribution is 0.460. The molecule has 0 bridgehead atoms. The van der Waals surface area contributed by atoms with E-state index in [-0.39, 0.29) is 0 Å². The quantitative estimate of drug-likeness (QED) is 0.697. The number of nitrogens with two attached hydrogens (primary N) is 1. The van der Waals surface area contributed by atoms with Crippen LogP contribution in [0.3, 0.4) is 0 Å². The van der Waals surface area contributed by atoms with Crippen molar-refractivity contribution >= 4 is 16.8 Å². The van der Waals surface area contributed by atoms with Gasteiger partial charge in [0.15, 0.2) is 11.4 Å². The lowest BCUT2D eigenvalue weighted by Gasteiger charge is -1.93. The fourth-order valence-electron chi connectivity index (χ4n) is 1.22. The summed E-state index contributed by atoms with van der Waals surface area (Å²) in [6.07, 6.45) is 1.00. The molecule has 0 radical (unpaired) electrons. The van der Waals surface area contributed by atoms with Crippen molar-refractivity contribution in [3.05, 3.63) is 23.8 Å². The normalized spacial score (nSPS) is 10.8. The molecule has 1 aromatic heterocycles. The van der Waals surface area contributed by atoms with E-state index in [1.165, 1.54) is 5.56 Å². The van der Waals surface area contributed by atoms with Crippen molar-refractivity contribution in [1.82, 2.24) is 5.16 Å². The summed E-state index contributed by atoms with van der Waals surface area (Å²) < 4.78 is 4.97. The maximum absolute atomic E-state index is 5.59. The summed E-state index contributed by atoms with van der Waals surface area (Å²) in [6, 6.07) is 5.94. The number of nitrogen functional groups attached to an aromatic ring is 1. The molecule has 3 heteroatoms. The third kappa shape index (κ3) is 0.942. The van der Waals surface area contributed by atoms with Gasteiger partial charge < -0.3 is 10.3 Å². The molecule has 0 amide bonds. The maximum Gasteiger partial charge on any atom is 0.174 e. The first-order valence-electron chi connectivity index (χ1n) is 3.95. The van der Waals surface area contributed by atoms with Crippen LogP contribution in [0.2, 0.25) is 0 Å². The van der Waals surface area contributed by atoms with Crippen molar-refractivity contribution in [2.24, 2.45) is 0 Å². The first-order chi connectivity index (χ1) is 5.81. The standard InChI is InChI=1S/C9H10N2O/c1-2-6-3-4-8-7(5-6)9(10)11-12-8/h3-5H,2H2,1H3,(H2,10,11). The van der Waals surface area contributed by atoms with Crippen molar-refractivity contribution in [2.75, 3.05) is 5.73 Å². The molecule has 0 aliphatic carbocycles.